The Morgan fingerprint density at radius 2 is 1.76 bits per heavy atom. The first-order valence-corrected chi connectivity index (χ1v) is 6.18. The van der Waals surface area contributed by atoms with Gasteiger partial charge in [0.2, 0.25) is 0 Å². The lowest BCUT2D eigenvalue weighted by atomic mass is 10.2. The second kappa shape index (κ2) is 6.47. The maximum absolute atomic E-state index is 12.0. The van der Waals surface area contributed by atoms with Crippen molar-refractivity contribution in [2.45, 2.75) is 6.92 Å². The summed E-state index contributed by atoms with van der Waals surface area (Å²) in [5.41, 5.74) is -0.314. The number of carbonyl (C=O) groups excluding carboxylic acids is 2. The van der Waals surface area contributed by atoms with E-state index in [1.807, 2.05) is 6.92 Å². The third-order valence-corrected chi connectivity index (χ3v) is 2.53. The molecule has 0 bridgehead atoms. The van der Waals surface area contributed by atoms with Crippen LogP contribution in [-0.4, -0.2) is 28.5 Å². The Bertz CT molecular complexity index is 656. The van der Waals surface area contributed by atoms with Crippen molar-refractivity contribution in [1.29, 1.82) is 0 Å². The maximum atomic E-state index is 12.0. The number of ether oxygens (including phenoxy) is 1. The highest BCUT2D eigenvalue weighted by atomic mass is 16.5. The van der Waals surface area contributed by atoms with Crippen LogP contribution in [-0.2, 0) is 0 Å². The summed E-state index contributed by atoms with van der Waals surface area (Å²) in [6.07, 6.45) is 2.42. The van der Waals surface area contributed by atoms with Gasteiger partial charge in [0.25, 0.3) is 5.91 Å². The Morgan fingerprint density at radius 1 is 1.14 bits per heavy atom. The number of hydrogen-bond donors (Lipinski definition) is 1. The number of benzene rings is 1. The summed E-state index contributed by atoms with van der Waals surface area (Å²) in [5, 5.41) is 13.4. The van der Waals surface area contributed by atoms with Crippen molar-refractivity contribution in [3.8, 4) is 5.75 Å². The van der Waals surface area contributed by atoms with Crippen LogP contribution >= 0.6 is 0 Å². The van der Waals surface area contributed by atoms with Gasteiger partial charge < -0.3 is 20.0 Å². The molecule has 1 aromatic carbocycles. The Kier molecular flexibility index (Phi) is 4.45. The van der Waals surface area contributed by atoms with Crippen LogP contribution in [0.15, 0.2) is 36.7 Å². The molecule has 21 heavy (non-hydrogen) atoms. The summed E-state index contributed by atoms with van der Waals surface area (Å²) in [5.74, 6) is -1.56. The Balaban J connectivity index is 2.16. The molecule has 2 rings (SSSR count). The number of anilines is 1. The second-order valence-corrected chi connectivity index (χ2v) is 3.95. The van der Waals surface area contributed by atoms with Crippen molar-refractivity contribution in [3.63, 3.8) is 0 Å². The number of aromatic nitrogens is 2. The molecule has 1 amide bonds. The Morgan fingerprint density at radius 3 is 2.33 bits per heavy atom. The van der Waals surface area contributed by atoms with Crippen LogP contribution in [0.1, 0.15) is 27.9 Å². The minimum atomic E-state index is -1.56. The van der Waals surface area contributed by atoms with Gasteiger partial charge in [-0.15, -0.1) is 0 Å². The molecule has 0 saturated carbocycles. The van der Waals surface area contributed by atoms with Crippen molar-refractivity contribution in [2.75, 3.05) is 11.9 Å². The summed E-state index contributed by atoms with van der Waals surface area (Å²) in [4.78, 5) is 30.2. The Labute approximate surface area is 120 Å². The summed E-state index contributed by atoms with van der Waals surface area (Å²) in [7, 11) is 0. The van der Waals surface area contributed by atoms with Gasteiger partial charge >= 0.3 is 0 Å². The smallest absolute Gasteiger partial charge is 0.276 e. The number of carbonyl (C=O) groups is 2. The number of carboxylic acid groups (broad SMARTS) is 1. The van der Waals surface area contributed by atoms with Gasteiger partial charge in [-0.2, -0.15) is 0 Å². The monoisotopic (exact) mass is 286 g/mol. The molecule has 2 aromatic rings. The number of amides is 1. The largest absolute Gasteiger partial charge is 0.543 e. The van der Waals surface area contributed by atoms with Gasteiger partial charge in [0.05, 0.1) is 12.6 Å². The third kappa shape index (κ3) is 3.53. The summed E-state index contributed by atoms with van der Waals surface area (Å²) < 4.78 is 5.28. The van der Waals surface area contributed by atoms with E-state index in [4.69, 9.17) is 4.74 Å². The van der Waals surface area contributed by atoms with Gasteiger partial charge in [-0.3, -0.25) is 9.78 Å². The quantitative estimate of drug-likeness (QED) is 0.857. The molecule has 7 nitrogen and oxygen atoms in total. The highest BCUT2D eigenvalue weighted by molar-refractivity contribution is 6.08. The standard InChI is InChI=1S/C14H13N3O4/c1-2-21-10-5-3-9(4-6-10)17-13(18)11-12(14(19)20)16-8-7-15-11/h3-8H,2H2,1H3,(H,17,18)(H,19,20)/p-1. The fourth-order valence-electron chi connectivity index (χ4n) is 1.65. The van der Waals surface area contributed by atoms with Crippen molar-refractivity contribution in [3.05, 3.63) is 48.0 Å². The first kappa shape index (κ1) is 14.4. The highest BCUT2D eigenvalue weighted by Crippen LogP contribution is 2.16. The van der Waals surface area contributed by atoms with Gasteiger partial charge in [0.1, 0.15) is 11.4 Å². The first-order chi connectivity index (χ1) is 10.1. The van der Waals surface area contributed by atoms with E-state index in [1.54, 1.807) is 24.3 Å². The number of nitrogens with one attached hydrogen (secondary N) is 1. The molecule has 0 aliphatic heterocycles. The van der Waals surface area contributed by atoms with Crippen LogP contribution in [0, 0.1) is 0 Å². The average Bonchev–Trinajstić information content (AvgIpc) is 2.49. The molecule has 108 valence electrons. The fourth-order valence-corrected chi connectivity index (χ4v) is 1.65. The molecule has 7 heteroatoms. The van der Waals surface area contributed by atoms with Gasteiger partial charge in [-0.05, 0) is 31.2 Å². The molecule has 0 radical (unpaired) electrons. The highest BCUT2D eigenvalue weighted by Gasteiger charge is 2.15. The molecular weight excluding hydrogens is 274 g/mol. The predicted octanol–water partition coefficient (Wildman–Crippen LogP) is 0.491. The lowest BCUT2D eigenvalue weighted by Gasteiger charge is -2.09. The molecule has 0 saturated heterocycles. The van der Waals surface area contributed by atoms with Gasteiger partial charge in [0.15, 0.2) is 5.69 Å². The predicted molar refractivity (Wildman–Crippen MR) is 71.9 cm³/mol. The minimum Gasteiger partial charge on any atom is -0.543 e. The van der Waals surface area contributed by atoms with E-state index < -0.39 is 17.6 Å². The van der Waals surface area contributed by atoms with Crippen LogP contribution in [0.25, 0.3) is 0 Å². The van der Waals surface area contributed by atoms with Crippen LogP contribution in [0.2, 0.25) is 0 Å². The molecule has 0 atom stereocenters. The van der Waals surface area contributed by atoms with E-state index in [0.717, 1.165) is 0 Å². The van der Waals surface area contributed by atoms with Gasteiger partial charge in [-0.1, -0.05) is 0 Å². The van der Waals surface area contributed by atoms with Crippen LogP contribution in [0.3, 0.4) is 0 Å². The second-order valence-electron chi connectivity index (χ2n) is 3.95. The van der Waals surface area contributed by atoms with Crippen molar-refractivity contribution >= 4 is 17.6 Å². The van der Waals surface area contributed by atoms with Crippen LogP contribution in [0.4, 0.5) is 5.69 Å². The molecular formula is C14H12N3O4-. The number of aromatic carboxylic acids is 1. The number of nitrogens with zero attached hydrogens (tertiary/aromatic N) is 2. The minimum absolute atomic E-state index is 0.300. The van der Waals surface area contributed by atoms with Crippen molar-refractivity contribution < 1.29 is 19.4 Å². The topological polar surface area (TPSA) is 104 Å². The lowest BCUT2D eigenvalue weighted by molar-refractivity contribution is -0.255. The molecule has 1 heterocycles. The normalized spacial score (nSPS) is 9.95. The molecule has 0 fully saturated rings. The summed E-state index contributed by atoms with van der Waals surface area (Å²) in [6.45, 7) is 2.41. The third-order valence-electron chi connectivity index (χ3n) is 2.53. The SMILES string of the molecule is CCOc1ccc(NC(=O)c2nccnc2C(=O)[O-])cc1. The molecule has 0 aliphatic carbocycles. The zero-order valence-electron chi connectivity index (χ0n) is 11.2. The zero-order chi connectivity index (χ0) is 15.2. The van der Waals surface area contributed by atoms with Gasteiger partial charge in [-0.25, -0.2) is 4.98 Å². The number of hydrogen-bond acceptors (Lipinski definition) is 6. The van der Waals surface area contributed by atoms with Crippen LogP contribution < -0.4 is 15.2 Å². The number of carboxylic acids is 1. The van der Waals surface area contributed by atoms with E-state index >= 15 is 0 Å². The molecule has 1 aromatic heterocycles. The summed E-state index contributed by atoms with van der Waals surface area (Å²) in [6, 6.07) is 6.65. The van der Waals surface area contributed by atoms with Crippen molar-refractivity contribution in [1.82, 2.24) is 9.97 Å². The van der Waals surface area contributed by atoms with E-state index in [-0.39, 0.29) is 5.69 Å². The number of rotatable bonds is 5. The Hall–Kier alpha value is -2.96. The summed E-state index contributed by atoms with van der Waals surface area (Å²) >= 11 is 0. The average molecular weight is 286 g/mol. The molecule has 0 unspecified atom stereocenters. The lowest BCUT2D eigenvalue weighted by Crippen LogP contribution is -2.28. The zero-order valence-corrected chi connectivity index (χ0v) is 11.2. The maximum Gasteiger partial charge on any atom is 0.276 e. The fraction of sp³-hybridized carbons (Fsp3) is 0.143. The van der Waals surface area contributed by atoms with Gasteiger partial charge in [0, 0.05) is 18.1 Å². The van der Waals surface area contributed by atoms with E-state index in [1.165, 1.54) is 12.4 Å². The van der Waals surface area contributed by atoms with E-state index in [9.17, 15) is 14.7 Å². The van der Waals surface area contributed by atoms with Crippen molar-refractivity contribution in [2.24, 2.45) is 0 Å². The van der Waals surface area contributed by atoms with Crippen LogP contribution in [0.5, 0.6) is 5.75 Å². The van der Waals surface area contributed by atoms with E-state index in [2.05, 4.69) is 15.3 Å². The molecule has 0 spiro atoms. The molecule has 1 N–H and O–H groups in total. The van der Waals surface area contributed by atoms with E-state index in [0.29, 0.717) is 18.0 Å². The first-order valence-electron chi connectivity index (χ1n) is 6.18. The molecule has 0 aliphatic rings.